The van der Waals surface area contributed by atoms with Gasteiger partial charge in [-0.05, 0) is 30.5 Å². The maximum absolute atomic E-state index is 5.14. The molecule has 0 spiro atoms. The molecule has 0 saturated carbocycles. The summed E-state index contributed by atoms with van der Waals surface area (Å²) in [7, 11) is 1.62. The van der Waals surface area contributed by atoms with Crippen LogP contribution in [-0.4, -0.2) is 23.6 Å². The number of hydrogen-bond acceptors (Lipinski definition) is 5. The van der Waals surface area contributed by atoms with Gasteiger partial charge in [-0.1, -0.05) is 6.92 Å². The first-order chi connectivity index (χ1) is 9.24. The molecule has 0 bridgehead atoms. The predicted octanol–water partition coefficient (Wildman–Crippen LogP) is 2.75. The number of likely N-dealkylation sites (N-methyl/N-ethyl adjacent to an activating group) is 1. The maximum atomic E-state index is 5.14. The van der Waals surface area contributed by atoms with Gasteiger partial charge in [-0.2, -0.15) is 0 Å². The van der Waals surface area contributed by atoms with Crippen LogP contribution in [0, 0.1) is 6.92 Å². The van der Waals surface area contributed by atoms with E-state index >= 15 is 0 Å². The zero-order valence-electron chi connectivity index (χ0n) is 11.5. The van der Waals surface area contributed by atoms with Gasteiger partial charge in [0.15, 0.2) is 0 Å². The monoisotopic (exact) mass is 277 g/mol. The van der Waals surface area contributed by atoms with Crippen LogP contribution in [0.4, 0.5) is 0 Å². The average Bonchev–Trinajstić information content (AvgIpc) is 2.85. The van der Waals surface area contributed by atoms with Gasteiger partial charge in [0.25, 0.3) is 0 Å². The van der Waals surface area contributed by atoms with Crippen molar-refractivity contribution < 1.29 is 4.74 Å². The van der Waals surface area contributed by atoms with E-state index in [-0.39, 0.29) is 0 Å². The Labute approximate surface area is 117 Å². The Morgan fingerprint density at radius 3 is 2.89 bits per heavy atom. The van der Waals surface area contributed by atoms with Gasteiger partial charge in [-0.3, -0.25) is 0 Å². The van der Waals surface area contributed by atoms with E-state index in [1.54, 1.807) is 24.8 Å². The molecule has 5 heteroatoms. The van der Waals surface area contributed by atoms with Crippen molar-refractivity contribution in [1.29, 1.82) is 0 Å². The maximum Gasteiger partial charge on any atom is 0.216 e. The van der Waals surface area contributed by atoms with Crippen LogP contribution in [-0.2, 0) is 6.42 Å². The third-order valence-electron chi connectivity index (χ3n) is 2.99. The molecule has 19 heavy (non-hydrogen) atoms. The molecule has 0 radical (unpaired) electrons. The lowest BCUT2D eigenvalue weighted by atomic mass is 10.1. The van der Waals surface area contributed by atoms with Crippen molar-refractivity contribution >= 4 is 11.3 Å². The Morgan fingerprint density at radius 2 is 2.26 bits per heavy atom. The molecule has 1 unspecified atom stereocenters. The van der Waals surface area contributed by atoms with Gasteiger partial charge >= 0.3 is 0 Å². The van der Waals surface area contributed by atoms with Crippen molar-refractivity contribution in [2.45, 2.75) is 26.3 Å². The first-order valence-electron chi connectivity index (χ1n) is 6.36. The van der Waals surface area contributed by atoms with Gasteiger partial charge in [0, 0.05) is 29.1 Å². The Bertz CT molecular complexity index is 527. The fourth-order valence-corrected chi connectivity index (χ4v) is 3.06. The van der Waals surface area contributed by atoms with Crippen molar-refractivity contribution in [3.05, 3.63) is 40.0 Å². The molecular weight excluding hydrogens is 258 g/mol. The smallest absolute Gasteiger partial charge is 0.216 e. The minimum Gasteiger partial charge on any atom is -0.481 e. The van der Waals surface area contributed by atoms with Gasteiger partial charge in [0.2, 0.25) is 5.88 Å². The summed E-state index contributed by atoms with van der Waals surface area (Å²) in [5, 5.41) is 5.66. The van der Waals surface area contributed by atoms with Crippen LogP contribution >= 0.6 is 11.3 Å². The highest BCUT2D eigenvalue weighted by atomic mass is 32.1. The van der Waals surface area contributed by atoms with Crippen molar-refractivity contribution in [3.8, 4) is 5.88 Å². The fourth-order valence-electron chi connectivity index (χ4n) is 2.05. The van der Waals surface area contributed by atoms with Crippen LogP contribution in [0.25, 0.3) is 0 Å². The summed E-state index contributed by atoms with van der Waals surface area (Å²) in [5.41, 5.74) is 2.32. The number of aryl methyl sites for hydroxylation is 1. The quantitative estimate of drug-likeness (QED) is 0.882. The number of rotatable bonds is 6. The molecule has 2 aromatic heterocycles. The SMILES string of the molecule is CCNC(Cc1cc(OC)ncn1)c1sccc1C. The van der Waals surface area contributed by atoms with E-state index in [1.165, 1.54) is 10.4 Å². The number of thiophene rings is 1. The number of aromatic nitrogens is 2. The lowest BCUT2D eigenvalue weighted by Gasteiger charge is -2.17. The van der Waals surface area contributed by atoms with Crippen molar-refractivity contribution in [2.75, 3.05) is 13.7 Å². The molecule has 2 heterocycles. The topological polar surface area (TPSA) is 47.0 Å². The molecule has 0 aromatic carbocycles. The molecule has 2 aromatic rings. The zero-order valence-corrected chi connectivity index (χ0v) is 12.3. The molecule has 0 saturated heterocycles. The molecular formula is C14H19N3OS. The molecule has 0 aliphatic rings. The fraction of sp³-hybridized carbons (Fsp3) is 0.429. The van der Waals surface area contributed by atoms with Crippen LogP contribution in [0.1, 0.15) is 29.1 Å². The average molecular weight is 277 g/mol. The van der Waals surface area contributed by atoms with Gasteiger partial charge in [-0.25, -0.2) is 9.97 Å². The van der Waals surface area contributed by atoms with Crippen molar-refractivity contribution in [2.24, 2.45) is 0 Å². The van der Waals surface area contributed by atoms with Gasteiger partial charge in [-0.15, -0.1) is 11.3 Å². The summed E-state index contributed by atoms with van der Waals surface area (Å²) in [4.78, 5) is 9.74. The summed E-state index contributed by atoms with van der Waals surface area (Å²) in [5.74, 6) is 0.614. The van der Waals surface area contributed by atoms with E-state index in [1.807, 2.05) is 6.07 Å². The summed E-state index contributed by atoms with van der Waals surface area (Å²) in [6.07, 6.45) is 2.40. The largest absolute Gasteiger partial charge is 0.481 e. The van der Waals surface area contributed by atoms with Crippen LogP contribution in [0.15, 0.2) is 23.8 Å². The highest BCUT2D eigenvalue weighted by Crippen LogP contribution is 2.26. The second-order valence-corrected chi connectivity index (χ2v) is 5.28. The Morgan fingerprint density at radius 1 is 1.42 bits per heavy atom. The molecule has 1 atom stereocenters. The number of hydrogen-bond donors (Lipinski definition) is 1. The van der Waals surface area contributed by atoms with E-state index in [4.69, 9.17) is 4.74 Å². The molecule has 2 rings (SSSR count). The summed E-state index contributed by atoms with van der Waals surface area (Å²) in [6.45, 7) is 5.21. The molecule has 0 aliphatic carbocycles. The zero-order chi connectivity index (χ0) is 13.7. The molecule has 0 aliphatic heterocycles. The standard InChI is InChI=1S/C14H19N3OS/c1-4-15-12(14-10(2)5-6-19-14)7-11-8-13(18-3)17-9-16-11/h5-6,8-9,12,15H,4,7H2,1-3H3. The van der Waals surface area contributed by atoms with Crippen molar-refractivity contribution in [1.82, 2.24) is 15.3 Å². The molecule has 1 N–H and O–H groups in total. The lowest BCUT2D eigenvalue weighted by molar-refractivity contribution is 0.395. The minimum absolute atomic E-state index is 0.296. The summed E-state index contributed by atoms with van der Waals surface area (Å²) in [6, 6.07) is 4.35. The highest BCUT2D eigenvalue weighted by Gasteiger charge is 2.16. The van der Waals surface area contributed by atoms with Gasteiger partial charge in [0.1, 0.15) is 6.33 Å². The van der Waals surface area contributed by atoms with E-state index in [0.717, 1.165) is 18.7 Å². The van der Waals surface area contributed by atoms with Gasteiger partial charge in [0.05, 0.1) is 7.11 Å². The van der Waals surface area contributed by atoms with E-state index in [0.29, 0.717) is 11.9 Å². The first kappa shape index (κ1) is 14.0. The molecule has 4 nitrogen and oxygen atoms in total. The van der Waals surface area contributed by atoms with Gasteiger partial charge < -0.3 is 10.1 Å². The molecule has 0 fully saturated rings. The normalized spacial score (nSPS) is 12.4. The number of methoxy groups -OCH3 is 1. The van der Waals surface area contributed by atoms with Crippen LogP contribution in [0.3, 0.4) is 0 Å². The van der Waals surface area contributed by atoms with E-state index in [2.05, 4.69) is 40.6 Å². The lowest BCUT2D eigenvalue weighted by Crippen LogP contribution is -2.23. The minimum atomic E-state index is 0.296. The summed E-state index contributed by atoms with van der Waals surface area (Å²) >= 11 is 1.79. The Hall–Kier alpha value is -1.46. The Kier molecular flexibility index (Phi) is 4.87. The number of ether oxygens (including phenoxy) is 1. The van der Waals surface area contributed by atoms with E-state index in [9.17, 15) is 0 Å². The predicted molar refractivity (Wildman–Crippen MR) is 77.8 cm³/mol. The Balaban J connectivity index is 2.18. The molecule has 102 valence electrons. The highest BCUT2D eigenvalue weighted by molar-refractivity contribution is 7.10. The first-order valence-corrected chi connectivity index (χ1v) is 7.24. The second kappa shape index (κ2) is 6.63. The third-order valence-corrected chi connectivity index (χ3v) is 4.12. The number of nitrogens with zero attached hydrogens (tertiary/aromatic N) is 2. The van der Waals surface area contributed by atoms with Crippen molar-refractivity contribution in [3.63, 3.8) is 0 Å². The molecule has 0 amide bonds. The third kappa shape index (κ3) is 3.52. The van der Waals surface area contributed by atoms with Crippen LogP contribution in [0.2, 0.25) is 0 Å². The second-order valence-electron chi connectivity index (χ2n) is 4.33. The van der Waals surface area contributed by atoms with Crippen LogP contribution in [0.5, 0.6) is 5.88 Å². The number of nitrogens with one attached hydrogen (secondary N) is 1. The van der Waals surface area contributed by atoms with Crippen LogP contribution < -0.4 is 10.1 Å². The summed E-state index contributed by atoms with van der Waals surface area (Å²) < 4.78 is 5.14. The van der Waals surface area contributed by atoms with E-state index < -0.39 is 0 Å².